The van der Waals surface area contributed by atoms with E-state index in [0.29, 0.717) is 12.2 Å². The fourth-order valence-electron chi connectivity index (χ4n) is 1.49. The van der Waals surface area contributed by atoms with E-state index >= 15 is 0 Å². The highest BCUT2D eigenvalue weighted by molar-refractivity contribution is 5.47. The highest BCUT2D eigenvalue weighted by atomic mass is 19.1. The lowest BCUT2D eigenvalue weighted by Crippen LogP contribution is -2.24. The van der Waals surface area contributed by atoms with Crippen molar-refractivity contribution >= 4 is 5.69 Å². The number of hydrogen-bond donors (Lipinski definition) is 1. The molecular formula is C13H21FN2O. The molecule has 0 radical (unpaired) electrons. The van der Waals surface area contributed by atoms with E-state index < -0.39 is 0 Å². The highest BCUT2D eigenvalue weighted by Gasteiger charge is 2.06. The summed E-state index contributed by atoms with van der Waals surface area (Å²) in [4.78, 5) is 1.96. The van der Waals surface area contributed by atoms with Crippen LogP contribution in [0.5, 0.6) is 0 Å². The van der Waals surface area contributed by atoms with E-state index in [1.165, 1.54) is 6.07 Å². The van der Waals surface area contributed by atoms with Crippen molar-refractivity contribution < 1.29 is 9.13 Å². The summed E-state index contributed by atoms with van der Waals surface area (Å²) in [5.74, 6) is -0.248. The first-order chi connectivity index (χ1) is 8.04. The van der Waals surface area contributed by atoms with Crippen LogP contribution in [0.3, 0.4) is 0 Å². The molecule has 0 aliphatic rings. The summed E-state index contributed by atoms with van der Waals surface area (Å²) in [5.41, 5.74) is 6.80. The Morgan fingerprint density at radius 1 is 1.41 bits per heavy atom. The predicted octanol–water partition coefficient (Wildman–Crippen LogP) is 2.15. The van der Waals surface area contributed by atoms with Crippen LogP contribution in [0.4, 0.5) is 10.1 Å². The standard InChI is InChI=1S/C13H21FN2O/c1-10(2)17-7-6-16(3)12-5-4-11(9-15)13(14)8-12/h4-5,8,10H,6-7,9,15H2,1-3H3. The summed E-state index contributed by atoms with van der Waals surface area (Å²) in [5, 5.41) is 0. The smallest absolute Gasteiger partial charge is 0.129 e. The minimum absolute atomic E-state index is 0.222. The Labute approximate surface area is 102 Å². The molecule has 17 heavy (non-hydrogen) atoms. The van der Waals surface area contributed by atoms with E-state index in [1.807, 2.05) is 31.9 Å². The number of nitrogens with zero attached hydrogens (tertiary/aromatic N) is 1. The molecule has 0 amide bonds. The van der Waals surface area contributed by atoms with Gasteiger partial charge in [0.2, 0.25) is 0 Å². The Morgan fingerprint density at radius 3 is 2.65 bits per heavy atom. The van der Waals surface area contributed by atoms with Gasteiger partial charge in [0.1, 0.15) is 5.82 Å². The predicted molar refractivity (Wildman–Crippen MR) is 68.6 cm³/mol. The van der Waals surface area contributed by atoms with Crippen molar-refractivity contribution in [3.05, 3.63) is 29.6 Å². The van der Waals surface area contributed by atoms with Crippen molar-refractivity contribution in [1.29, 1.82) is 0 Å². The Balaban J connectivity index is 2.57. The molecule has 0 bridgehead atoms. The molecule has 96 valence electrons. The zero-order valence-corrected chi connectivity index (χ0v) is 10.7. The zero-order chi connectivity index (χ0) is 12.8. The first-order valence-corrected chi connectivity index (χ1v) is 5.85. The molecule has 3 nitrogen and oxygen atoms in total. The zero-order valence-electron chi connectivity index (χ0n) is 10.7. The fraction of sp³-hybridized carbons (Fsp3) is 0.538. The van der Waals surface area contributed by atoms with Gasteiger partial charge in [0.05, 0.1) is 12.7 Å². The first kappa shape index (κ1) is 13.9. The van der Waals surface area contributed by atoms with Gasteiger partial charge in [-0.2, -0.15) is 0 Å². The minimum atomic E-state index is -0.248. The molecule has 0 saturated carbocycles. The van der Waals surface area contributed by atoms with Crippen LogP contribution < -0.4 is 10.6 Å². The van der Waals surface area contributed by atoms with E-state index in [-0.39, 0.29) is 18.5 Å². The summed E-state index contributed by atoms with van der Waals surface area (Å²) >= 11 is 0. The lowest BCUT2D eigenvalue weighted by Gasteiger charge is -2.20. The van der Waals surface area contributed by atoms with Crippen molar-refractivity contribution in [1.82, 2.24) is 0 Å². The molecule has 2 N–H and O–H groups in total. The van der Waals surface area contributed by atoms with Gasteiger partial charge in [0, 0.05) is 31.4 Å². The Hall–Kier alpha value is -1.13. The van der Waals surface area contributed by atoms with Crippen LogP contribution in [0.1, 0.15) is 19.4 Å². The molecule has 0 spiro atoms. The van der Waals surface area contributed by atoms with Crippen molar-refractivity contribution in [2.24, 2.45) is 5.73 Å². The Morgan fingerprint density at radius 2 is 2.12 bits per heavy atom. The van der Waals surface area contributed by atoms with E-state index in [4.69, 9.17) is 10.5 Å². The molecule has 0 atom stereocenters. The number of ether oxygens (including phenoxy) is 1. The van der Waals surface area contributed by atoms with Crippen LogP contribution in [0, 0.1) is 5.82 Å². The molecule has 0 aliphatic heterocycles. The lowest BCUT2D eigenvalue weighted by atomic mass is 10.2. The van der Waals surface area contributed by atoms with Crippen LogP contribution in [-0.2, 0) is 11.3 Å². The number of hydrogen-bond acceptors (Lipinski definition) is 3. The number of halogens is 1. The minimum Gasteiger partial charge on any atom is -0.377 e. The van der Waals surface area contributed by atoms with E-state index in [9.17, 15) is 4.39 Å². The Kier molecular flexibility index (Phi) is 5.38. The molecule has 0 aromatic heterocycles. The molecule has 0 heterocycles. The number of rotatable bonds is 6. The van der Waals surface area contributed by atoms with Gasteiger partial charge in [-0.15, -0.1) is 0 Å². The third-order valence-corrected chi connectivity index (χ3v) is 2.58. The van der Waals surface area contributed by atoms with Gasteiger partial charge < -0.3 is 15.4 Å². The highest BCUT2D eigenvalue weighted by Crippen LogP contribution is 2.17. The van der Waals surface area contributed by atoms with Crippen LogP contribution >= 0.6 is 0 Å². The number of anilines is 1. The van der Waals surface area contributed by atoms with Crippen LogP contribution in [0.2, 0.25) is 0 Å². The summed E-state index contributed by atoms with van der Waals surface area (Å²) < 4.78 is 19.0. The quantitative estimate of drug-likeness (QED) is 0.828. The largest absolute Gasteiger partial charge is 0.377 e. The maximum atomic E-state index is 13.5. The summed E-state index contributed by atoms with van der Waals surface area (Å²) in [6.07, 6.45) is 0.222. The van der Waals surface area contributed by atoms with E-state index in [1.54, 1.807) is 6.07 Å². The van der Waals surface area contributed by atoms with Gasteiger partial charge in [0.25, 0.3) is 0 Å². The first-order valence-electron chi connectivity index (χ1n) is 5.85. The average Bonchev–Trinajstić information content (AvgIpc) is 2.28. The maximum Gasteiger partial charge on any atom is 0.129 e. The second-order valence-corrected chi connectivity index (χ2v) is 4.32. The molecular weight excluding hydrogens is 219 g/mol. The summed E-state index contributed by atoms with van der Waals surface area (Å²) in [6.45, 7) is 5.59. The molecule has 1 aromatic carbocycles. The van der Waals surface area contributed by atoms with Gasteiger partial charge >= 0.3 is 0 Å². The molecule has 0 aliphatic carbocycles. The van der Waals surface area contributed by atoms with Crippen molar-refractivity contribution in [3.63, 3.8) is 0 Å². The fourth-order valence-corrected chi connectivity index (χ4v) is 1.49. The second kappa shape index (κ2) is 6.57. The number of likely N-dealkylation sites (N-methyl/N-ethyl adjacent to an activating group) is 1. The van der Waals surface area contributed by atoms with Crippen molar-refractivity contribution in [2.45, 2.75) is 26.5 Å². The third kappa shape index (κ3) is 4.32. The van der Waals surface area contributed by atoms with Crippen molar-refractivity contribution in [2.75, 3.05) is 25.1 Å². The molecule has 0 saturated heterocycles. The SMILES string of the molecule is CC(C)OCCN(C)c1ccc(CN)c(F)c1. The molecule has 4 heteroatoms. The van der Waals surface area contributed by atoms with Gasteiger partial charge in [0.15, 0.2) is 0 Å². The molecule has 0 unspecified atom stereocenters. The lowest BCUT2D eigenvalue weighted by molar-refractivity contribution is 0.0846. The maximum absolute atomic E-state index is 13.5. The normalized spacial score (nSPS) is 10.9. The summed E-state index contributed by atoms with van der Waals surface area (Å²) in [7, 11) is 1.92. The van der Waals surface area contributed by atoms with Crippen LogP contribution in [0.15, 0.2) is 18.2 Å². The van der Waals surface area contributed by atoms with Gasteiger partial charge in [-0.05, 0) is 26.0 Å². The molecule has 0 fully saturated rings. The van der Waals surface area contributed by atoms with Gasteiger partial charge in [-0.25, -0.2) is 4.39 Å². The van der Waals surface area contributed by atoms with Gasteiger partial charge in [-0.1, -0.05) is 6.07 Å². The van der Waals surface area contributed by atoms with Crippen molar-refractivity contribution in [3.8, 4) is 0 Å². The van der Waals surface area contributed by atoms with E-state index in [0.717, 1.165) is 12.2 Å². The van der Waals surface area contributed by atoms with Gasteiger partial charge in [-0.3, -0.25) is 0 Å². The van der Waals surface area contributed by atoms with E-state index in [2.05, 4.69) is 0 Å². The van der Waals surface area contributed by atoms with Crippen LogP contribution in [-0.4, -0.2) is 26.3 Å². The summed E-state index contributed by atoms with van der Waals surface area (Å²) in [6, 6.07) is 5.11. The second-order valence-electron chi connectivity index (χ2n) is 4.32. The number of nitrogens with two attached hydrogens (primary N) is 1. The van der Waals surface area contributed by atoms with Crippen LogP contribution in [0.25, 0.3) is 0 Å². The topological polar surface area (TPSA) is 38.5 Å². The molecule has 1 aromatic rings. The monoisotopic (exact) mass is 240 g/mol. The Bertz CT molecular complexity index is 355. The molecule has 1 rings (SSSR count). The average molecular weight is 240 g/mol. The number of benzene rings is 1. The third-order valence-electron chi connectivity index (χ3n) is 2.58.